The van der Waals surface area contributed by atoms with Crippen LogP contribution < -0.4 is 15.0 Å². The molecule has 1 heterocycles. The van der Waals surface area contributed by atoms with Crippen molar-refractivity contribution in [2.24, 2.45) is 0 Å². The molecule has 156 valence electrons. The zero-order chi connectivity index (χ0) is 22.1. The second-order valence-corrected chi connectivity index (χ2v) is 7.86. The highest BCUT2D eigenvalue weighted by Crippen LogP contribution is 2.35. The number of hydrogen-bond donors (Lipinski definition) is 1. The van der Waals surface area contributed by atoms with E-state index < -0.39 is 11.8 Å². The number of methoxy groups -OCH3 is 1. The molecule has 31 heavy (non-hydrogen) atoms. The van der Waals surface area contributed by atoms with Crippen LogP contribution in [-0.2, 0) is 9.59 Å². The van der Waals surface area contributed by atoms with Crippen LogP contribution in [0.4, 0.5) is 11.4 Å². The van der Waals surface area contributed by atoms with E-state index in [1.54, 1.807) is 54.6 Å². The Morgan fingerprint density at radius 3 is 2.29 bits per heavy atom. The van der Waals surface area contributed by atoms with Crippen LogP contribution in [0.5, 0.6) is 5.75 Å². The van der Waals surface area contributed by atoms with Gasteiger partial charge in [-0.3, -0.25) is 9.59 Å². The molecular formula is C24H18Cl2N2O3. The largest absolute Gasteiger partial charge is 0.495 e. The predicted molar refractivity (Wildman–Crippen MR) is 124 cm³/mol. The maximum Gasteiger partial charge on any atom is 0.282 e. The molecule has 1 aliphatic heterocycles. The van der Waals surface area contributed by atoms with Crippen LogP contribution in [0.1, 0.15) is 11.1 Å². The van der Waals surface area contributed by atoms with E-state index in [9.17, 15) is 9.59 Å². The molecule has 0 aliphatic carbocycles. The van der Waals surface area contributed by atoms with Crippen molar-refractivity contribution in [2.75, 3.05) is 17.3 Å². The van der Waals surface area contributed by atoms with Gasteiger partial charge in [-0.2, -0.15) is 0 Å². The van der Waals surface area contributed by atoms with Crippen molar-refractivity contribution in [3.8, 4) is 5.75 Å². The lowest BCUT2D eigenvalue weighted by molar-refractivity contribution is -0.120. The molecule has 5 nitrogen and oxygen atoms in total. The second kappa shape index (κ2) is 8.46. The van der Waals surface area contributed by atoms with Crippen molar-refractivity contribution in [3.05, 3.63) is 93.6 Å². The summed E-state index contributed by atoms with van der Waals surface area (Å²) in [7, 11) is 1.52. The fraction of sp³-hybridized carbons (Fsp3) is 0.0833. The van der Waals surface area contributed by atoms with Gasteiger partial charge in [0.1, 0.15) is 11.4 Å². The molecule has 2 amide bonds. The molecule has 0 fully saturated rings. The number of hydrogen-bond acceptors (Lipinski definition) is 4. The number of carbonyl (C=O) groups is 2. The van der Waals surface area contributed by atoms with Crippen LogP contribution in [0.2, 0.25) is 10.0 Å². The Hall–Kier alpha value is -3.28. The summed E-state index contributed by atoms with van der Waals surface area (Å²) in [4.78, 5) is 28.0. The first-order valence-corrected chi connectivity index (χ1v) is 10.2. The van der Waals surface area contributed by atoms with E-state index in [-0.39, 0.29) is 11.3 Å². The zero-order valence-electron chi connectivity index (χ0n) is 16.8. The minimum absolute atomic E-state index is 0.162. The summed E-state index contributed by atoms with van der Waals surface area (Å²) in [6.07, 6.45) is 0. The summed E-state index contributed by atoms with van der Waals surface area (Å²) in [5, 5.41) is 4.00. The maximum absolute atomic E-state index is 13.4. The molecule has 3 aromatic carbocycles. The van der Waals surface area contributed by atoms with Gasteiger partial charge in [0.15, 0.2) is 0 Å². The topological polar surface area (TPSA) is 58.6 Å². The van der Waals surface area contributed by atoms with E-state index in [0.29, 0.717) is 32.7 Å². The van der Waals surface area contributed by atoms with Gasteiger partial charge in [-0.25, -0.2) is 4.90 Å². The van der Waals surface area contributed by atoms with Gasteiger partial charge in [0.2, 0.25) is 0 Å². The van der Waals surface area contributed by atoms with Crippen molar-refractivity contribution in [1.29, 1.82) is 0 Å². The molecule has 0 saturated heterocycles. The predicted octanol–water partition coefficient (Wildman–Crippen LogP) is 5.71. The molecule has 0 unspecified atom stereocenters. The van der Waals surface area contributed by atoms with Gasteiger partial charge in [-0.05, 0) is 60.5 Å². The smallest absolute Gasteiger partial charge is 0.282 e. The SMILES string of the molecule is COc1ccc(NC2=C(c3ccc(Cl)cc3)C(=O)N(c3cccc(C)c3)C2=O)cc1Cl. The summed E-state index contributed by atoms with van der Waals surface area (Å²) < 4.78 is 5.18. The normalized spacial score (nSPS) is 13.7. The van der Waals surface area contributed by atoms with E-state index in [2.05, 4.69) is 5.32 Å². The highest BCUT2D eigenvalue weighted by atomic mass is 35.5. The third-order valence-electron chi connectivity index (χ3n) is 4.90. The third-order valence-corrected chi connectivity index (χ3v) is 5.45. The van der Waals surface area contributed by atoms with Crippen LogP contribution in [0, 0.1) is 6.92 Å². The maximum atomic E-state index is 13.4. The molecule has 3 aromatic rings. The van der Waals surface area contributed by atoms with E-state index in [4.69, 9.17) is 27.9 Å². The van der Waals surface area contributed by atoms with Gasteiger partial charge in [-0.1, -0.05) is 47.5 Å². The molecule has 0 saturated carbocycles. The Morgan fingerprint density at radius 1 is 0.903 bits per heavy atom. The van der Waals surface area contributed by atoms with Crippen molar-refractivity contribution < 1.29 is 14.3 Å². The monoisotopic (exact) mass is 452 g/mol. The standard InChI is InChI=1S/C24H18Cl2N2O3/c1-14-4-3-5-18(12-14)28-23(29)21(15-6-8-16(25)9-7-15)22(24(28)30)27-17-10-11-20(31-2)19(26)13-17/h3-13,27H,1-2H3. The molecule has 0 radical (unpaired) electrons. The van der Waals surface area contributed by atoms with Gasteiger partial charge < -0.3 is 10.1 Å². The highest BCUT2D eigenvalue weighted by Gasteiger charge is 2.40. The lowest BCUT2D eigenvalue weighted by Crippen LogP contribution is -2.32. The number of anilines is 2. The average molecular weight is 453 g/mol. The Morgan fingerprint density at radius 2 is 1.65 bits per heavy atom. The van der Waals surface area contributed by atoms with Crippen molar-refractivity contribution >= 4 is 52.0 Å². The third kappa shape index (κ3) is 4.02. The summed E-state index contributed by atoms with van der Waals surface area (Å²) in [5.41, 5.74) is 3.00. The van der Waals surface area contributed by atoms with Gasteiger partial charge in [0.05, 0.1) is 23.4 Å². The van der Waals surface area contributed by atoms with Crippen LogP contribution in [0.15, 0.2) is 72.4 Å². The molecule has 0 aromatic heterocycles. The molecule has 7 heteroatoms. The van der Waals surface area contributed by atoms with Crippen LogP contribution in [0.3, 0.4) is 0 Å². The van der Waals surface area contributed by atoms with Crippen LogP contribution in [-0.4, -0.2) is 18.9 Å². The van der Waals surface area contributed by atoms with E-state index in [1.807, 2.05) is 19.1 Å². The number of aryl methyl sites for hydroxylation is 1. The Bertz CT molecular complexity index is 1220. The van der Waals surface area contributed by atoms with Crippen molar-refractivity contribution in [3.63, 3.8) is 0 Å². The number of rotatable bonds is 5. The fourth-order valence-corrected chi connectivity index (χ4v) is 3.80. The second-order valence-electron chi connectivity index (χ2n) is 7.02. The number of nitrogens with one attached hydrogen (secondary N) is 1. The number of nitrogens with zero attached hydrogens (tertiary/aromatic N) is 1. The zero-order valence-corrected chi connectivity index (χ0v) is 18.3. The number of carbonyl (C=O) groups excluding carboxylic acids is 2. The Balaban J connectivity index is 1.81. The highest BCUT2D eigenvalue weighted by molar-refractivity contribution is 6.46. The van der Waals surface area contributed by atoms with Crippen LogP contribution >= 0.6 is 23.2 Å². The number of halogens is 2. The molecule has 0 atom stereocenters. The average Bonchev–Trinajstić information content (AvgIpc) is 2.98. The first-order valence-electron chi connectivity index (χ1n) is 9.45. The summed E-state index contributed by atoms with van der Waals surface area (Å²) in [5.74, 6) is -0.359. The van der Waals surface area contributed by atoms with Gasteiger partial charge in [-0.15, -0.1) is 0 Å². The Labute approximate surface area is 189 Å². The molecular weight excluding hydrogens is 435 g/mol. The van der Waals surface area contributed by atoms with Crippen molar-refractivity contribution in [2.45, 2.75) is 6.92 Å². The van der Waals surface area contributed by atoms with Gasteiger partial charge in [0.25, 0.3) is 11.8 Å². The summed E-state index contributed by atoms with van der Waals surface area (Å²) in [6.45, 7) is 1.90. The minimum Gasteiger partial charge on any atom is -0.495 e. The molecule has 0 bridgehead atoms. The lowest BCUT2D eigenvalue weighted by atomic mass is 10.0. The molecule has 1 N–H and O–H groups in total. The number of benzene rings is 3. The van der Waals surface area contributed by atoms with E-state index in [1.165, 1.54) is 12.0 Å². The minimum atomic E-state index is -0.451. The first kappa shape index (κ1) is 21.0. The summed E-state index contributed by atoms with van der Waals surface area (Å²) >= 11 is 12.3. The lowest BCUT2D eigenvalue weighted by Gasteiger charge is -2.16. The molecule has 1 aliphatic rings. The quantitative estimate of drug-likeness (QED) is 0.503. The summed E-state index contributed by atoms with van der Waals surface area (Å²) in [6, 6.07) is 19.1. The first-order chi connectivity index (χ1) is 14.9. The molecule has 4 rings (SSSR count). The molecule has 0 spiro atoms. The van der Waals surface area contributed by atoms with Crippen molar-refractivity contribution in [1.82, 2.24) is 0 Å². The van der Waals surface area contributed by atoms with E-state index >= 15 is 0 Å². The number of ether oxygens (including phenoxy) is 1. The van der Waals surface area contributed by atoms with E-state index in [0.717, 1.165) is 5.56 Å². The van der Waals surface area contributed by atoms with Gasteiger partial charge in [0, 0.05) is 10.7 Å². The van der Waals surface area contributed by atoms with Crippen LogP contribution in [0.25, 0.3) is 5.57 Å². The number of imide groups is 1. The Kier molecular flexibility index (Phi) is 5.72. The van der Waals surface area contributed by atoms with Gasteiger partial charge >= 0.3 is 0 Å². The number of amides is 2. The fourth-order valence-electron chi connectivity index (χ4n) is 3.42.